The number of carboxylic acids is 1. The van der Waals surface area contributed by atoms with Crippen molar-refractivity contribution in [1.82, 2.24) is 9.97 Å². The summed E-state index contributed by atoms with van der Waals surface area (Å²) >= 11 is 0. The Hall–Kier alpha value is -3.60. The van der Waals surface area contributed by atoms with Gasteiger partial charge in [0.25, 0.3) is 0 Å². The number of benzene rings is 2. The Morgan fingerprint density at radius 2 is 1.93 bits per heavy atom. The highest BCUT2D eigenvalue weighted by atomic mass is 16.5. The van der Waals surface area contributed by atoms with Crippen molar-refractivity contribution in [2.45, 2.75) is 19.8 Å². The average molecular weight is 386 g/mol. The van der Waals surface area contributed by atoms with Crippen LogP contribution < -0.4 is 4.74 Å². The Kier molecular flexibility index (Phi) is 5.04. The molecule has 0 spiro atoms. The number of fused-ring (bicyclic) bond motifs is 1. The van der Waals surface area contributed by atoms with E-state index in [1.807, 2.05) is 24.3 Å². The minimum absolute atomic E-state index is 0.0542. The van der Waals surface area contributed by atoms with Crippen molar-refractivity contribution in [2.24, 2.45) is 0 Å². The number of carbonyl (C=O) groups is 1. The van der Waals surface area contributed by atoms with Gasteiger partial charge in [-0.05, 0) is 53.4 Å². The Bertz CT molecular complexity index is 1190. The summed E-state index contributed by atoms with van der Waals surface area (Å²) in [5.74, 6) is -0.239. The molecule has 0 radical (unpaired) electrons. The van der Waals surface area contributed by atoms with Gasteiger partial charge in [-0.3, -0.25) is 0 Å². The van der Waals surface area contributed by atoms with E-state index >= 15 is 0 Å². The Morgan fingerprint density at radius 1 is 1.10 bits per heavy atom. The van der Waals surface area contributed by atoms with Crippen molar-refractivity contribution < 1.29 is 14.6 Å². The highest BCUT2D eigenvalue weighted by Crippen LogP contribution is 2.34. The average Bonchev–Trinajstić information content (AvgIpc) is 3.11. The van der Waals surface area contributed by atoms with Crippen LogP contribution in [0.5, 0.6) is 5.75 Å². The molecular formula is C24H22N2O3. The van der Waals surface area contributed by atoms with E-state index in [-0.39, 0.29) is 5.69 Å². The number of hydrogen-bond donors (Lipinski definition) is 2. The first-order valence-electron chi connectivity index (χ1n) is 9.56. The molecule has 0 aliphatic carbocycles. The predicted molar refractivity (Wildman–Crippen MR) is 114 cm³/mol. The smallest absolute Gasteiger partial charge is 0.354 e. The van der Waals surface area contributed by atoms with Crippen LogP contribution in [0, 0.1) is 0 Å². The number of ether oxygens (including phenoxy) is 1. The van der Waals surface area contributed by atoms with E-state index in [2.05, 4.69) is 41.2 Å². The van der Waals surface area contributed by atoms with Crippen LogP contribution in [-0.2, 0) is 12.8 Å². The largest absolute Gasteiger partial charge is 0.497 e. The molecule has 0 fully saturated rings. The summed E-state index contributed by atoms with van der Waals surface area (Å²) in [6.07, 6.45) is 1.48. The molecule has 0 atom stereocenters. The number of nitrogens with one attached hydrogen (secondary N) is 1. The molecule has 0 unspecified atom stereocenters. The quantitative estimate of drug-likeness (QED) is 0.484. The highest BCUT2D eigenvalue weighted by molar-refractivity contribution is 5.92. The molecule has 5 nitrogen and oxygen atoms in total. The first-order chi connectivity index (χ1) is 14.1. The van der Waals surface area contributed by atoms with Gasteiger partial charge in [0.15, 0.2) is 0 Å². The number of aromatic nitrogens is 2. The van der Waals surface area contributed by atoms with Gasteiger partial charge < -0.3 is 14.8 Å². The summed E-state index contributed by atoms with van der Waals surface area (Å²) in [6, 6.07) is 19.5. The van der Waals surface area contributed by atoms with Crippen molar-refractivity contribution in [3.05, 3.63) is 83.2 Å². The van der Waals surface area contributed by atoms with Crippen LogP contribution in [0.15, 0.2) is 60.7 Å². The Morgan fingerprint density at radius 3 is 2.69 bits per heavy atom. The number of hydrogen-bond acceptors (Lipinski definition) is 3. The minimum Gasteiger partial charge on any atom is -0.497 e. The molecule has 0 saturated heterocycles. The van der Waals surface area contributed by atoms with Crippen LogP contribution >= 0.6 is 0 Å². The molecule has 0 aliphatic rings. The van der Waals surface area contributed by atoms with Crippen molar-refractivity contribution >= 4 is 16.9 Å². The fraction of sp³-hybridized carbons (Fsp3) is 0.167. The summed E-state index contributed by atoms with van der Waals surface area (Å²) in [7, 11) is 1.65. The summed E-state index contributed by atoms with van der Waals surface area (Å²) < 4.78 is 5.38. The third-order valence-corrected chi connectivity index (χ3v) is 5.12. The van der Waals surface area contributed by atoms with Crippen molar-refractivity contribution in [1.29, 1.82) is 0 Å². The van der Waals surface area contributed by atoms with Crippen molar-refractivity contribution in [2.75, 3.05) is 7.11 Å². The molecule has 2 aromatic heterocycles. The Labute approximate surface area is 169 Å². The van der Waals surface area contributed by atoms with Gasteiger partial charge >= 0.3 is 5.97 Å². The van der Waals surface area contributed by atoms with Gasteiger partial charge in [0.2, 0.25) is 0 Å². The first-order valence-corrected chi connectivity index (χ1v) is 9.56. The van der Waals surface area contributed by atoms with Crippen LogP contribution in [0.3, 0.4) is 0 Å². The zero-order valence-corrected chi connectivity index (χ0v) is 16.4. The van der Waals surface area contributed by atoms with Crippen LogP contribution in [0.25, 0.3) is 22.2 Å². The number of pyridine rings is 1. The molecular weight excluding hydrogens is 364 g/mol. The number of H-pyrrole nitrogens is 1. The van der Waals surface area contributed by atoms with E-state index in [4.69, 9.17) is 4.74 Å². The molecule has 0 saturated carbocycles. The lowest BCUT2D eigenvalue weighted by atomic mass is 9.99. The van der Waals surface area contributed by atoms with Crippen LogP contribution in [0.2, 0.25) is 0 Å². The lowest BCUT2D eigenvalue weighted by molar-refractivity contribution is 0.0690. The van der Waals surface area contributed by atoms with Crippen molar-refractivity contribution in [3.63, 3.8) is 0 Å². The van der Waals surface area contributed by atoms with Gasteiger partial charge in [0.05, 0.1) is 12.8 Å². The lowest BCUT2D eigenvalue weighted by Crippen LogP contribution is -2.03. The van der Waals surface area contributed by atoms with Crippen LogP contribution in [-0.4, -0.2) is 28.2 Å². The highest BCUT2D eigenvalue weighted by Gasteiger charge is 2.16. The van der Waals surface area contributed by atoms with E-state index in [1.165, 1.54) is 11.6 Å². The SMILES string of the molecule is CCc1cccc(-c2[nH]c3cc(OC)ccc3c2Cc2cccc(C(=O)O)n2)c1. The Balaban J connectivity index is 1.88. The number of methoxy groups -OCH3 is 1. The molecule has 0 amide bonds. The normalized spacial score (nSPS) is 11.0. The van der Waals surface area contributed by atoms with Gasteiger partial charge in [0.1, 0.15) is 11.4 Å². The molecule has 4 aromatic rings. The second-order valence-electron chi connectivity index (χ2n) is 6.94. The maximum Gasteiger partial charge on any atom is 0.354 e. The van der Waals surface area contributed by atoms with Gasteiger partial charge in [-0.15, -0.1) is 0 Å². The van der Waals surface area contributed by atoms with Gasteiger partial charge in [0, 0.05) is 29.1 Å². The molecule has 2 heterocycles. The zero-order chi connectivity index (χ0) is 20.4. The minimum atomic E-state index is -1.02. The number of aromatic amines is 1. The van der Waals surface area contributed by atoms with E-state index in [1.54, 1.807) is 13.2 Å². The van der Waals surface area contributed by atoms with Gasteiger partial charge in [-0.25, -0.2) is 9.78 Å². The topological polar surface area (TPSA) is 75.2 Å². The monoisotopic (exact) mass is 386 g/mol. The van der Waals surface area contributed by atoms with E-state index in [0.717, 1.165) is 45.6 Å². The molecule has 29 heavy (non-hydrogen) atoms. The lowest BCUT2D eigenvalue weighted by Gasteiger charge is -2.08. The second kappa shape index (κ2) is 7.80. The molecule has 0 aliphatic heterocycles. The number of carboxylic acid groups (broad SMARTS) is 1. The number of nitrogens with zero attached hydrogens (tertiary/aromatic N) is 1. The van der Waals surface area contributed by atoms with Gasteiger partial charge in [-0.1, -0.05) is 31.2 Å². The fourth-order valence-electron chi connectivity index (χ4n) is 3.62. The van der Waals surface area contributed by atoms with Crippen LogP contribution in [0.4, 0.5) is 0 Å². The summed E-state index contributed by atoms with van der Waals surface area (Å²) in [5, 5.41) is 10.3. The number of aryl methyl sites for hydroxylation is 1. The van der Waals surface area contributed by atoms with Crippen molar-refractivity contribution in [3.8, 4) is 17.0 Å². The fourth-order valence-corrected chi connectivity index (χ4v) is 3.62. The summed E-state index contributed by atoms with van der Waals surface area (Å²) in [6.45, 7) is 2.14. The predicted octanol–water partition coefficient (Wildman–Crippen LogP) is 5.09. The molecule has 2 N–H and O–H groups in total. The summed E-state index contributed by atoms with van der Waals surface area (Å²) in [4.78, 5) is 19.2. The second-order valence-corrected chi connectivity index (χ2v) is 6.94. The third-order valence-electron chi connectivity index (χ3n) is 5.12. The number of aromatic carboxylic acids is 1. The zero-order valence-electron chi connectivity index (χ0n) is 16.4. The summed E-state index contributed by atoms with van der Waals surface area (Å²) in [5.41, 5.74) is 6.22. The molecule has 2 aromatic carbocycles. The molecule has 0 bridgehead atoms. The molecule has 146 valence electrons. The van der Waals surface area contributed by atoms with Gasteiger partial charge in [-0.2, -0.15) is 0 Å². The van der Waals surface area contributed by atoms with E-state index < -0.39 is 5.97 Å². The maximum absolute atomic E-state index is 11.3. The van der Waals surface area contributed by atoms with Crippen LogP contribution in [0.1, 0.15) is 34.2 Å². The molecule has 5 heteroatoms. The maximum atomic E-state index is 11.3. The molecule has 4 rings (SSSR count). The first kappa shape index (κ1) is 18.7. The number of rotatable bonds is 6. The standard InChI is InChI=1S/C24H22N2O3/c1-3-15-6-4-7-16(12-15)23-20(13-17-8-5-9-21(25-17)24(27)28)19-11-10-18(29-2)14-22(19)26-23/h4-12,14,26H,3,13H2,1-2H3,(H,27,28). The van der Waals surface area contributed by atoms with E-state index in [9.17, 15) is 9.90 Å². The van der Waals surface area contributed by atoms with E-state index in [0.29, 0.717) is 6.42 Å². The third kappa shape index (κ3) is 3.72.